The number of hydrogen-bond donors (Lipinski definition) is 2. The second-order valence-electron chi connectivity index (χ2n) is 5.88. The van der Waals surface area contributed by atoms with Gasteiger partial charge in [0.1, 0.15) is 17.4 Å². The highest BCUT2D eigenvalue weighted by Gasteiger charge is 2.08. The fourth-order valence-electron chi connectivity index (χ4n) is 2.67. The van der Waals surface area contributed by atoms with E-state index in [1.54, 1.807) is 37.6 Å². The lowest BCUT2D eigenvalue weighted by molar-refractivity contribution is 0.102. The topological polar surface area (TPSA) is 63.2 Å². The van der Waals surface area contributed by atoms with E-state index in [-0.39, 0.29) is 5.91 Å². The summed E-state index contributed by atoms with van der Waals surface area (Å²) in [5.41, 5.74) is 1.93. The Bertz CT molecular complexity index is 931. The molecule has 0 aliphatic rings. The van der Waals surface area contributed by atoms with Crippen LogP contribution in [-0.4, -0.2) is 24.5 Å². The standard InChI is InChI=1S/C21H20FN3O2/c1-27-19-8-3-2-5-15(19)9-11-23-20-13-16(10-12-24-20)21(26)25-18-7-4-6-17(22)14-18/h2-8,10,12-14H,9,11H2,1H3,(H,23,24)(H,25,26). The number of nitrogens with zero attached hydrogens (tertiary/aromatic N) is 1. The van der Waals surface area contributed by atoms with E-state index < -0.39 is 5.82 Å². The number of nitrogens with one attached hydrogen (secondary N) is 2. The van der Waals surface area contributed by atoms with E-state index in [1.165, 1.54) is 12.1 Å². The summed E-state index contributed by atoms with van der Waals surface area (Å²) < 4.78 is 18.6. The summed E-state index contributed by atoms with van der Waals surface area (Å²) in [6, 6.07) is 16.9. The first-order valence-electron chi connectivity index (χ1n) is 8.54. The van der Waals surface area contributed by atoms with Crippen LogP contribution in [0.25, 0.3) is 0 Å². The zero-order valence-corrected chi connectivity index (χ0v) is 14.9. The summed E-state index contributed by atoms with van der Waals surface area (Å²) in [5.74, 6) is 0.712. The average Bonchev–Trinajstić information content (AvgIpc) is 2.68. The van der Waals surface area contributed by atoms with Crippen molar-refractivity contribution < 1.29 is 13.9 Å². The Labute approximate surface area is 157 Å². The lowest BCUT2D eigenvalue weighted by atomic mass is 10.1. The number of amides is 1. The second-order valence-corrected chi connectivity index (χ2v) is 5.88. The SMILES string of the molecule is COc1ccccc1CCNc1cc(C(=O)Nc2cccc(F)c2)ccn1. The molecule has 0 saturated heterocycles. The molecule has 1 heterocycles. The molecule has 6 heteroatoms. The van der Waals surface area contributed by atoms with Crippen molar-refractivity contribution in [3.63, 3.8) is 0 Å². The van der Waals surface area contributed by atoms with Crippen LogP contribution in [0.5, 0.6) is 5.75 Å². The number of para-hydroxylation sites is 1. The van der Waals surface area contributed by atoms with Gasteiger partial charge in [-0.2, -0.15) is 0 Å². The van der Waals surface area contributed by atoms with E-state index in [0.717, 1.165) is 17.7 Å². The molecule has 0 radical (unpaired) electrons. The van der Waals surface area contributed by atoms with E-state index in [1.807, 2.05) is 24.3 Å². The van der Waals surface area contributed by atoms with Crippen LogP contribution in [0.4, 0.5) is 15.9 Å². The van der Waals surface area contributed by atoms with E-state index >= 15 is 0 Å². The van der Waals surface area contributed by atoms with E-state index in [0.29, 0.717) is 23.6 Å². The predicted molar refractivity (Wildman–Crippen MR) is 104 cm³/mol. The molecule has 0 spiro atoms. The van der Waals surface area contributed by atoms with Gasteiger partial charge in [0.15, 0.2) is 0 Å². The largest absolute Gasteiger partial charge is 0.496 e. The van der Waals surface area contributed by atoms with Gasteiger partial charge in [-0.15, -0.1) is 0 Å². The molecule has 2 aromatic carbocycles. The van der Waals surface area contributed by atoms with Crippen molar-refractivity contribution in [2.45, 2.75) is 6.42 Å². The van der Waals surface area contributed by atoms with Crippen molar-refractivity contribution in [3.8, 4) is 5.75 Å². The Hall–Kier alpha value is -3.41. The number of rotatable bonds is 7. The lowest BCUT2D eigenvalue weighted by Gasteiger charge is -2.10. The van der Waals surface area contributed by atoms with Crippen molar-refractivity contribution in [3.05, 3.63) is 83.8 Å². The monoisotopic (exact) mass is 365 g/mol. The number of benzene rings is 2. The third-order valence-electron chi connectivity index (χ3n) is 4.00. The minimum Gasteiger partial charge on any atom is -0.496 e. The zero-order chi connectivity index (χ0) is 19.1. The fraction of sp³-hybridized carbons (Fsp3) is 0.143. The predicted octanol–water partition coefficient (Wildman–Crippen LogP) is 4.14. The summed E-state index contributed by atoms with van der Waals surface area (Å²) in [5, 5.41) is 5.88. The average molecular weight is 365 g/mol. The molecular formula is C21H20FN3O2. The van der Waals surface area contributed by atoms with Gasteiger partial charge in [-0.25, -0.2) is 9.37 Å². The molecule has 0 bridgehead atoms. The number of ether oxygens (including phenoxy) is 1. The highest BCUT2D eigenvalue weighted by Crippen LogP contribution is 2.18. The highest BCUT2D eigenvalue weighted by molar-refractivity contribution is 6.04. The Balaban J connectivity index is 1.60. The van der Waals surface area contributed by atoms with Crippen LogP contribution in [0.3, 0.4) is 0 Å². The molecule has 0 aliphatic heterocycles. The Morgan fingerprint density at radius 1 is 1.11 bits per heavy atom. The van der Waals surface area contributed by atoms with Gasteiger partial charge in [0, 0.05) is 24.0 Å². The zero-order valence-electron chi connectivity index (χ0n) is 14.9. The number of halogens is 1. The first-order valence-corrected chi connectivity index (χ1v) is 8.54. The molecule has 0 saturated carbocycles. The van der Waals surface area contributed by atoms with Crippen molar-refractivity contribution in [2.24, 2.45) is 0 Å². The third-order valence-corrected chi connectivity index (χ3v) is 4.00. The fourth-order valence-corrected chi connectivity index (χ4v) is 2.67. The maximum absolute atomic E-state index is 13.2. The van der Waals surface area contributed by atoms with E-state index in [4.69, 9.17) is 4.74 Å². The van der Waals surface area contributed by atoms with Crippen LogP contribution < -0.4 is 15.4 Å². The Kier molecular flexibility index (Phi) is 5.99. The number of pyridine rings is 1. The number of aromatic nitrogens is 1. The maximum atomic E-state index is 13.2. The lowest BCUT2D eigenvalue weighted by Crippen LogP contribution is -2.13. The van der Waals surface area contributed by atoms with Crippen molar-refractivity contribution in [1.82, 2.24) is 4.98 Å². The van der Waals surface area contributed by atoms with E-state index in [9.17, 15) is 9.18 Å². The minimum absolute atomic E-state index is 0.323. The number of hydrogen-bond acceptors (Lipinski definition) is 4. The quantitative estimate of drug-likeness (QED) is 0.661. The van der Waals surface area contributed by atoms with Crippen LogP contribution in [0.2, 0.25) is 0 Å². The summed E-state index contributed by atoms with van der Waals surface area (Å²) in [6.45, 7) is 0.641. The minimum atomic E-state index is -0.402. The molecule has 2 N–H and O–H groups in total. The van der Waals surface area contributed by atoms with E-state index in [2.05, 4.69) is 15.6 Å². The molecule has 5 nitrogen and oxygen atoms in total. The van der Waals surface area contributed by atoms with Crippen LogP contribution in [0, 0.1) is 5.82 Å². The number of carbonyl (C=O) groups is 1. The highest BCUT2D eigenvalue weighted by atomic mass is 19.1. The molecular weight excluding hydrogens is 345 g/mol. The molecule has 1 amide bonds. The first kappa shape index (κ1) is 18.4. The van der Waals surface area contributed by atoms with Gasteiger partial charge in [0.25, 0.3) is 5.91 Å². The van der Waals surface area contributed by atoms with Gasteiger partial charge in [-0.05, 0) is 48.4 Å². The molecule has 0 unspecified atom stereocenters. The summed E-state index contributed by atoms with van der Waals surface area (Å²) in [4.78, 5) is 16.6. The van der Waals surface area contributed by atoms with Gasteiger partial charge in [-0.3, -0.25) is 4.79 Å². The number of carbonyl (C=O) groups excluding carboxylic acids is 1. The molecule has 27 heavy (non-hydrogen) atoms. The number of methoxy groups -OCH3 is 1. The molecule has 0 aliphatic carbocycles. The molecule has 0 atom stereocenters. The Morgan fingerprint density at radius 2 is 1.96 bits per heavy atom. The van der Waals surface area contributed by atoms with Crippen LogP contribution in [0.15, 0.2) is 66.9 Å². The van der Waals surface area contributed by atoms with Crippen molar-refractivity contribution in [1.29, 1.82) is 0 Å². The van der Waals surface area contributed by atoms with Gasteiger partial charge in [0.05, 0.1) is 7.11 Å². The van der Waals surface area contributed by atoms with Crippen LogP contribution in [0.1, 0.15) is 15.9 Å². The van der Waals surface area contributed by atoms with Gasteiger partial charge in [-0.1, -0.05) is 24.3 Å². The van der Waals surface area contributed by atoms with Crippen LogP contribution >= 0.6 is 0 Å². The van der Waals surface area contributed by atoms with Gasteiger partial charge in [0.2, 0.25) is 0 Å². The van der Waals surface area contributed by atoms with Gasteiger partial charge < -0.3 is 15.4 Å². The molecule has 3 aromatic rings. The third kappa shape index (κ3) is 5.04. The molecule has 3 rings (SSSR count). The maximum Gasteiger partial charge on any atom is 0.255 e. The Morgan fingerprint density at radius 3 is 2.78 bits per heavy atom. The van der Waals surface area contributed by atoms with Crippen molar-refractivity contribution in [2.75, 3.05) is 24.3 Å². The molecule has 0 fully saturated rings. The molecule has 1 aromatic heterocycles. The summed E-state index contributed by atoms with van der Waals surface area (Å²) in [6.07, 6.45) is 2.32. The first-order chi connectivity index (χ1) is 13.2. The van der Waals surface area contributed by atoms with Crippen molar-refractivity contribution >= 4 is 17.4 Å². The summed E-state index contributed by atoms with van der Waals surface area (Å²) in [7, 11) is 1.65. The summed E-state index contributed by atoms with van der Waals surface area (Å²) >= 11 is 0. The second kappa shape index (κ2) is 8.80. The number of anilines is 2. The van der Waals surface area contributed by atoms with Gasteiger partial charge >= 0.3 is 0 Å². The van der Waals surface area contributed by atoms with Crippen LogP contribution in [-0.2, 0) is 6.42 Å². The smallest absolute Gasteiger partial charge is 0.255 e. The normalized spacial score (nSPS) is 10.3. The molecule has 138 valence electrons.